The average molecular weight is 304 g/mol. The van der Waals surface area contributed by atoms with Gasteiger partial charge in [-0.25, -0.2) is 0 Å². The van der Waals surface area contributed by atoms with E-state index < -0.39 is 0 Å². The lowest BCUT2D eigenvalue weighted by Gasteiger charge is -2.16. The van der Waals surface area contributed by atoms with E-state index in [9.17, 15) is 4.79 Å². The summed E-state index contributed by atoms with van der Waals surface area (Å²) in [6, 6.07) is 14.2. The van der Waals surface area contributed by atoms with Crippen molar-refractivity contribution in [2.45, 2.75) is 13.3 Å². The Morgan fingerprint density at radius 3 is 2.65 bits per heavy atom. The molecule has 3 aromatic rings. The van der Waals surface area contributed by atoms with Gasteiger partial charge in [0.15, 0.2) is 0 Å². The fourth-order valence-electron chi connectivity index (χ4n) is 2.97. The molecule has 0 amide bonds. The number of hydrogen-bond donors (Lipinski definition) is 2. The number of H-pyrrole nitrogens is 1. The molecule has 0 saturated carbocycles. The number of pyridine rings is 1. The Bertz CT molecular complexity index is 895. The summed E-state index contributed by atoms with van der Waals surface area (Å²) < 4.78 is 0. The Morgan fingerprint density at radius 1 is 1.17 bits per heavy atom. The van der Waals surface area contributed by atoms with Crippen LogP contribution in [0.1, 0.15) is 23.6 Å². The van der Waals surface area contributed by atoms with Crippen LogP contribution in [-0.2, 0) is 6.42 Å². The van der Waals surface area contributed by atoms with Crippen LogP contribution >= 0.6 is 0 Å². The van der Waals surface area contributed by atoms with Gasteiger partial charge in [-0.15, -0.1) is 0 Å². The molecule has 2 aromatic carbocycles. The van der Waals surface area contributed by atoms with E-state index in [1.54, 1.807) is 6.20 Å². The van der Waals surface area contributed by atoms with Gasteiger partial charge in [-0.1, -0.05) is 43.0 Å². The lowest BCUT2D eigenvalue weighted by molar-refractivity contribution is 1.17. The highest BCUT2D eigenvalue weighted by Crippen LogP contribution is 2.31. The molecular formula is C20H20N2O. The highest BCUT2D eigenvalue weighted by atomic mass is 16.1. The first kappa shape index (κ1) is 15.1. The van der Waals surface area contributed by atoms with E-state index in [0.29, 0.717) is 5.39 Å². The zero-order chi connectivity index (χ0) is 16.2. The molecule has 0 fully saturated rings. The molecule has 3 nitrogen and oxygen atoms in total. The molecule has 0 atom stereocenters. The SMILES string of the molecule is C=Cc1c(Cc2ccccc2)cc2c(=O)[nH]ccc2c1NCC. The van der Waals surface area contributed by atoms with Crippen molar-refractivity contribution >= 4 is 22.5 Å². The van der Waals surface area contributed by atoms with Crippen LogP contribution in [0.25, 0.3) is 16.8 Å². The maximum Gasteiger partial charge on any atom is 0.255 e. The molecule has 0 unspecified atom stereocenters. The summed E-state index contributed by atoms with van der Waals surface area (Å²) in [5.74, 6) is 0. The van der Waals surface area contributed by atoms with Crippen LogP contribution in [0.4, 0.5) is 5.69 Å². The minimum Gasteiger partial charge on any atom is -0.384 e. The van der Waals surface area contributed by atoms with Crippen molar-refractivity contribution in [3.8, 4) is 0 Å². The Labute approximate surface area is 135 Å². The van der Waals surface area contributed by atoms with Crippen LogP contribution in [0.15, 0.2) is 60.0 Å². The third-order valence-corrected chi connectivity index (χ3v) is 4.00. The summed E-state index contributed by atoms with van der Waals surface area (Å²) in [6.07, 6.45) is 4.33. The third-order valence-electron chi connectivity index (χ3n) is 4.00. The lowest BCUT2D eigenvalue weighted by atomic mass is 9.94. The van der Waals surface area contributed by atoms with Gasteiger partial charge in [-0.05, 0) is 36.6 Å². The predicted octanol–water partition coefficient (Wildman–Crippen LogP) is 4.19. The van der Waals surface area contributed by atoms with Gasteiger partial charge in [-0.3, -0.25) is 4.79 Å². The first-order chi connectivity index (χ1) is 11.2. The normalized spacial score (nSPS) is 10.7. The molecule has 0 saturated heterocycles. The zero-order valence-electron chi connectivity index (χ0n) is 13.2. The van der Waals surface area contributed by atoms with Crippen LogP contribution in [0, 0.1) is 0 Å². The maximum atomic E-state index is 12.2. The Balaban J connectivity index is 2.26. The maximum absolute atomic E-state index is 12.2. The highest BCUT2D eigenvalue weighted by Gasteiger charge is 2.13. The number of fused-ring (bicyclic) bond motifs is 1. The van der Waals surface area contributed by atoms with Crippen molar-refractivity contribution < 1.29 is 0 Å². The molecule has 0 aliphatic rings. The minimum absolute atomic E-state index is 0.0634. The standard InChI is InChI=1S/C20H20N2O/c1-3-16-15(12-14-8-6-5-7-9-14)13-18-17(19(16)21-4-2)10-11-22-20(18)23/h3,5-11,13,21H,1,4,12H2,2H3,(H,22,23). The van der Waals surface area contributed by atoms with Crippen molar-refractivity contribution in [2.24, 2.45) is 0 Å². The molecule has 0 spiro atoms. The summed E-state index contributed by atoms with van der Waals surface area (Å²) in [5.41, 5.74) is 4.30. The van der Waals surface area contributed by atoms with Crippen molar-refractivity contribution in [3.63, 3.8) is 0 Å². The van der Waals surface area contributed by atoms with Gasteiger partial charge in [0, 0.05) is 34.8 Å². The van der Waals surface area contributed by atoms with Crippen LogP contribution in [0.2, 0.25) is 0 Å². The summed E-state index contributed by atoms with van der Waals surface area (Å²) in [4.78, 5) is 15.0. The van der Waals surface area contributed by atoms with Gasteiger partial charge < -0.3 is 10.3 Å². The van der Waals surface area contributed by atoms with Crippen molar-refractivity contribution in [1.82, 2.24) is 4.98 Å². The molecule has 0 bridgehead atoms. The zero-order valence-corrected chi connectivity index (χ0v) is 13.2. The fraction of sp³-hybridized carbons (Fsp3) is 0.150. The summed E-state index contributed by atoms with van der Waals surface area (Å²) in [7, 11) is 0. The summed E-state index contributed by atoms with van der Waals surface area (Å²) in [5, 5.41) is 5.04. The average Bonchev–Trinajstić information content (AvgIpc) is 2.57. The largest absolute Gasteiger partial charge is 0.384 e. The minimum atomic E-state index is -0.0634. The molecule has 23 heavy (non-hydrogen) atoms. The first-order valence-electron chi connectivity index (χ1n) is 7.82. The van der Waals surface area contributed by atoms with Gasteiger partial charge in [0.1, 0.15) is 0 Å². The second-order valence-corrected chi connectivity index (χ2v) is 5.49. The molecule has 3 rings (SSSR count). The molecule has 3 heteroatoms. The van der Waals surface area contributed by atoms with Gasteiger partial charge in [0.2, 0.25) is 0 Å². The van der Waals surface area contributed by atoms with Gasteiger partial charge >= 0.3 is 0 Å². The molecule has 0 radical (unpaired) electrons. The van der Waals surface area contributed by atoms with E-state index in [-0.39, 0.29) is 5.56 Å². The molecular weight excluding hydrogens is 284 g/mol. The number of benzene rings is 2. The number of aromatic amines is 1. The van der Waals surface area contributed by atoms with Gasteiger partial charge in [0.05, 0.1) is 0 Å². The van der Waals surface area contributed by atoms with Crippen LogP contribution in [-0.4, -0.2) is 11.5 Å². The number of rotatable bonds is 5. The number of anilines is 1. The number of nitrogens with one attached hydrogen (secondary N) is 2. The molecule has 116 valence electrons. The Kier molecular flexibility index (Phi) is 4.29. The van der Waals surface area contributed by atoms with Gasteiger partial charge in [0.25, 0.3) is 5.56 Å². The topological polar surface area (TPSA) is 44.9 Å². The van der Waals surface area contributed by atoms with E-state index in [2.05, 4.69) is 35.9 Å². The second-order valence-electron chi connectivity index (χ2n) is 5.49. The van der Waals surface area contributed by atoms with Crippen LogP contribution < -0.4 is 10.9 Å². The molecule has 0 aliphatic heterocycles. The van der Waals surface area contributed by atoms with Crippen LogP contribution in [0.3, 0.4) is 0 Å². The molecule has 0 aliphatic carbocycles. The summed E-state index contributed by atoms with van der Waals surface area (Å²) in [6.45, 7) is 6.82. The third kappa shape index (κ3) is 2.90. The lowest BCUT2D eigenvalue weighted by Crippen LogP contribution is -2.09. The number of aromatic nitrogens is 1. The number of hydrogen-bond acceptors (Lipinski definition) is 2. The fourth-order valence-corrected chi connectivity index (χ4v) is 2.97. The highest BCUT2D eigenvalue weighted by molar-refractivity contribution is 5.98. The summed E-state index contributed by atoms with van der Waals surface area (Å²) >= 11 is 0. The predicted molar refractivity (Wildman–Crippen MR) is 98.1 cm³/mol. The van der Waals surface area contributed by atoms with E-state index >= 15 is 0 Å². The van der Waals surface area contributed by atoms with E-state index in [1.807, 2.05) is 36.4 Å². The van der Waals surface area contributed by atoms with Gasteiger partial charge in [-0.2, -0.15) is 0 Å². The van der Waals surface area contributed by atoms with Crippen molar-refractivity contribution in [1.29, 1.82) is 0 Å². The first-order valence-corrected chi connectivity index (χ1v) is 7.82. The molecule has 2 N–H and O–H groups in total. The quantitative estimate of drug-likeness (QED) is 0.742. The second kappa shape index (κ2) is 6.53. The van der Waals surface area contributed by atoms with E-state index in [0.717, 1.165) is 35.2 Å². The monoisotopic (exact) mass is 304 g/mol. The van der Waals surface area contributed by atoms with Crippen molar-refractivity contribution in [3.05, 3.63) is 82.3 Å². The van der Waals surface area contributed by atoms with Crippen LogP contribution in [0.5, 0.6) is 0 Å². The van der Waals surface area contributed by atoms with Crippen molar-refractivity contribution in [2.75, 3.05) is 11.9 Å². The smallest absolute Gasteiger partial charge is 0.255 e. The van der Waals surface area contributed by atoms with E-state index in [1.165, 1.54) is 5.56 Å². The molecule has 1 aromatic heterocycles. The Hall–Kier alpha value is -2.81. The molecule has 1 heterocycles. The Morgan fingerprint density at radius 2 is 1.96 bits per heavy atom. The van der Waals surface area contributed by atoms with E-state index in [4.69, 9.17) is 0 Å².